The van der Waals surface area contributed by atoms with Gasteiger partial charge in [0.1, 0.15) is 18.0 Å². The zero-order chi connectivity index (χ0) is 9.26. The minimum atomic E-state index is -0.646. The molecule has 0 saturated heterocycles. The molecule has 2 rings (SSSR count). The van der Waals surface area contributed by atoms with Gasteiger partial charge in [-0.15, -0.1) is 0 Å². The number of hydrogen-bond acceptors (Lipinski definition) is 2. The number of alkyl halides is 1. The van der Waals surface area contributed by atoms with Crippen LogP contribution in [-0.2, 0) is 0 Å². The molecule has 0 radical (unpaired) electrons. The lowest BCUT2D eigenvalue weighted by molar-refractivity contribution is 0.390. The summed E-state index contributed by atoms with van der Waals surface area (Å²) in [6.07, 6.45) is 0. The first-order chi connectivity index (χ1) is 6.31. The van der Waals surface area contributed by atoms with E-state index in [1.54, 1.807) is 6.07 Å². The van der Waals surface area contributed by atoms with Gasteiger partial charge in [-0.2, -0.15) is 0 Å². The summed E-state index contributed by atoms with van der Waals surface area (Å²) in [7, 11) is 0. The van der Waals surface area contributed by atoms with Crippen LogP contribution in [0.25, 0.3) is 11.0 Å². The number of furan rings is 1. The molecule has 1 heterocycles. The average Bonchev–Trinajstić information content (AvgIpc) is 2.59. The standard InChI is InChI=1S/C10H10FNO/c11-6-8(12)10-5-7-3-1-2-4-9(7)13-10/h1-5,8H,6,12H2/t8-/m1/s1. The van der Waals surface area contributed by atoms with E-state index >= 15 is 0 Å². The van der Waals surface area contributed by atoms with Crippen molar-refractivity contribution in [2.45, 2.75) is 6.04 Å². The van der Waals surface area contributed by atoms with Crippen LogP contribution in [0.2, 0.25) is 0 Å². The molecule has 68 valence electrons. The largest absolute Gasteiger partial charge is 0.459 e. The van der Waals surface area contributed by atoms with Gasteiger partial charge < -0.3 is 10.2 Å². The van der Waals surface area contributed by atoms with Gasteiger partial charge in [-0.05, 0) is 12.1 Å². The molecule has 0 aliphatic carbocycles. The lowest BCUT2D eigenvalue weighted by Gasteiger charge is -1.99. The molecular formula is C10H10FNO. The van der Waals surface area contributed by atoms with Crippen LogP contribution in [0, 0.1) is 0 Å². The summed E-state index contributed by atoms with van der Waals surface area (Å²) in [6.45, 7) is -0.597. The average molecular weight is 179 g/mol. The van der Waals surface area contributed by atoms with Crippen molar-refractivity contribution in [3.8, 4) is 0 Å². The van der Waals surface area contributed by atoms with E-state index in [0.717, 1.165) is 11.0 Å². The first kappa shape index (κ1) is 8.26. The van der Waals surface area contributed by atoms with Crippen molar-refractivity contribution >= 4 is 11.0 Å². The number of halogens is 1. The van der Waals surface area contributed by atoms with Crippen LogP contribution in [0.5, 0.6) is 0 Å². The Morgan fingerprint density at radius 2 is 2.15 bits per heavy atom. The second-order valence-corrected chi connectivity index (χ2v) is 2.95. The van der Waals surface area contributed by atoms with Crippen molar-refractivity contribution < 1.29 is 8.81 Å². The third kappa shape index (κ3) is 1.42. The Morgan fingerprint density at radius 3 is 2.85 bits per heavy atom. The second-order valence-electron chi connectivity index (χ2n) is 2.95. The van der Waals surface area contributed by atoms with Crippen molar-refractivity contribution in [3.63, 3.8) is 0 Å². The van der Waals surface area contributed by atoms with E-state index in [-0.39, 0.29) is 0 Å². The van der Waals surface area contributed by atoms with E-state index in [9.17, 15) is 4.39 Å². The van der Waals surface area contributed by atoms with Crippen LogP contribution in [0.1, 0.15) is 11.8 Å². The molecule has 13 heavy (non-hydrogen) atoms. The summed E-state index contributed by atoms with van der Waals surface area (Å²) < 4.78 is 17.6. The van der Waals surface area contributed by atoms with Crippen LogP contribution in [-0.4, -0.2) is 6.67 Å². The molecule has 0 aliphatic rings. The molecule has 0 fully saturated rings. The summed E-state index contributed by atoms with van der Waals surface area (Å²) in [4.78, 5) is 0. The van der Waals surface area contributed by atoms with E-state index in [1.807, 2.05) is 24.3 Å². The molecule has 3 heteroatoms. The van der Waals surface area contributed by atoms with E-state index in [2.05, 4.69) is 0 Å². The predicted octanol–water partition coefficient (Wildman–Crippen LogP) is 2.40. The van der Waals surface area contributed by atoms with Gasteiger partial charge in [-0.3, -0.25) is 0 Å². The SMILES string of the molecule is N[C@H](CF)c1cc2ccccc2o1. The molecule has 0 saturated carbocycles. The quantitative estimate of drug-likeness (QED) is 0.768. The van der Waals surface area contributed by atoms with Crippen molar-refractivity contribution in [2.24, 2.45) is 5.73 Å². The number of fused-ring (bicyclic) bond motifs is 1. The van der Waals surface area contributed by atoms with Crippen molar-refractivity contribution in [3.05, 3.63) is 36.1 Å². The highest BCUT2D eigenvalue weighted by molar-refractivity contribution is 5.77. The molecule has 0 amide bonds. The van der Waals surface area contributed by atoms with Crippen molar-refractivity contribution in [1.82, 2.24) is 0 Å². The summed E-state index contributed by atoms with van der Waals surface area (Å²) in [6, 6.07) is 8.66. The molecule has 0 spiro atoms. The van der Waals surface area contributed by atoms with Crippen molar-refractivity contribution in [2.75, 3.05) is 6.67 Å². The van der Waals surface area contributed by atoms with Gasteiger partial charge in [-0.1, -0.05) is 18.2 Å². The molecule has 1 atom stereocenters. The Labute approximate surface area is 75.1 Å². The Morgan fingerprint density at radius 1 is 1.38 bits per heavy atom. The van der Waals surface area contributed by atoms with Gasteiger partial charge in [0.2, 0.25) is 0 Å². The molecule has 0 bridgehead atoms. The third-order valence-corrected chi connectivity index (χ3v) is 1.98. The van der Waals surface area contributed by atoms with Crippen LogP contribution < -0.4 is 5.73 Å². The van der Waals surface area contributed by atoms with E-state index in [0.29, 0.717) is 5.76 Å². The lowest BCUT2D eigenvalue weighted by Crippen LogP contribution is -2.10. The predicted molar refractivity (Wildman–Crippen MR) is 49.1 cm³/mol. The molecule has 1 aromatic heterocycles. The molecule has 1 aromatic carbocycles. The summed E-state index contributed by atoms with van der Waals surface area (Å²) in [5.41, 5.74) is 6.24. The highest BCUT2D eigenvalue weighted by atomic mass is 19.1. The number of para-hydroxylation sites is 1. The first-order valence-corrected chi connectivity index (χ1v) is 4.11. The number of nitrogens with two attached hydrogens (primary N) is 1. The van der Waals surface area contributed by atoms with Gasteiger partial charge in [-0.25, -0.2) is 4.39 Å². The fourth-order valence-electron chi connectivity index (χ4n) is 1.26. The number of benzene rings is 1. The zero-order valence-corrected chi connectivity index (χ0v) is 7.03. The van der Waals surface area contributed by atoms with E-state index in [4.69, 9.17) is 10.2 Å². The van der Waals surface area contributed by atoms with Gasteiger partial charge >= 0.3 is 0 Å². The summed E-state index contributed by atoms with van der Waals surface area (Å²) in [5, 5.41) is 0.960. The van der Waals surface area contributed by atoms with Crippen LogP contribution in [0.4, 0.5) is 4.39 Å². The van der Waals surface area contributed by atoms with E-state index < -0.39 is 12.7 Å². The zero-order valence-electron chi connectivity index (χ0n) is 7.03. The minimum absolute atomic E-state index is 0.503. The Balaban J connectivity index is 2.49. The fourth-order valence-corrected chi connectivity index (χ4v) is 1.26. The van der Waals surface area contributed by atoms with Gasteiger partial charge in [0.05, 0.1) is 6.04 Å². The lowest BCUT2D eigenvalue weighted by atomic mass is 10.2. The normalized spacial score (nSPS) is 13.4. The molecule has 2 N–H and O–H groups in total. The van der Waals surface area contributed by atoms with Crippen molar-refractivity contribution in [1.29, 1.82) is 0 Å². The molecule has 2 aromatic rings. The maximum Gasteiger partial charge on any atom is 0.134 e. The third-order valence-electron chi connectivity index (χ3n) is 1.98. The number of rotatable bonds is 2. The fraction of sp³-hybridized carbons (Fsp3) is 0.200. The monoisotopic (exact) mass is 179 g/mol. The first-order valence-electron chi connectivity index (χ1n) is 4.11. The molecule has 0 aliphatic heterocycles. The number of hydrogen-bond donors (Lipinski definition) is 1. The van der Waals surface area contributed by atoms with Crippen LogP contribution >= 0.6 is 0 Å². The summed E-state index contributed by atoms with van der Waals surface area (Å²) >= 11 is 0. The van der Waals surface area contributed by atoms with Gasteiger partial charge in [0, 0.05) is 5.39 Å². The molecule has 2 nitrogen and oxygen atoms in total. The molecular weight excluding hydrogens is 169 g/mol. The van der Waals surface area contributed by atoms with Crippen LogP contribution in [0.3, 0.4) is 0 Å². The second kappa shape index (κ2) is 3.18. The van der Waals surface area contributed by atoms with Gasteiger partial charge in [0.15, 0.2) is 0 Å². The Kier molecular flexibility index (Phi) is 2.02. The Hall–Kier alpha value is -1.35. The maximum absolute atomic E-state index is 12.2. The topological polar surface area (TPSA) is 39.2 Å². The Bertz CT molecular complexity index is 377. The highest BCUT2D eigenvalue weighted by Crippen LogP contribution is 2.22. The van der Waals surface area contributed by atoms with E-state index in [1.165, 1.54) is 0 Å². The minimum Gasteiger partial charge on any atom is -0.459 e. The summed E-state index contributed by atoms with van der Waals surface area (Å²) in [5.74, 6) is 0.503. The maximum atomic E-state index is 12.2. The molecule has 0 unspecified atom stereocenters. The smallest absolute Gasteiger partial charge is 0.134 e. The highest BCUT2D eigenvalue weighted by Gasteiger charge is 2.10. The van der Waals surface area contributed by atoms with Crippen LogP contribution in [0.15, 0.2) is 34.7 Å². The van der Waals surface area contributed by atoms with Gasteiger partial charge in [0.25, 0.3) is 0 Å².